The highest BCUT2D eigenvalue weighted by Gasteiger charge is 2.22. The van der Waals surface area contributed by atoms with E-state index in [1.165, 1.54) is 11.4 Å². The molecule has 1 saturated heterocycles. The van der Waals surface area contributed by atoms with Crippen LogP contribution in [0.5, 0.6) is 0 Å². The van der Waals surface area contributed by atoms with Crippen molar-refractivity contribution in [1.29, 1.82) is 0 Å². The Balaban J connectivity index is 1.93. The largest absolute Gasteiger partial charge is 0.353 e. The minimum absolute atomic E-state index is 0.681. The normalized spacial score (nSPS) is 19.3. The third-order valence-electron chi connectivity index (χ3n) is 3.87. The Kier molecular flexibility index (Phi) is 4.70. The Labute approximate surface area is 130 Å². The molecule has 0 saturated carbocycles. The smallest absolute Gasteiger partial charge is 0.152 e. The molecule has 3 heterocycles. The molecule has 0 radical (unpaired) electrons. The second-order valence-electron chi connectivity index (χ2n) is 5.62. The summed E-state index contributed by atoms with van der Waals surface area (Å²) in [5.74, 6) is 2.36. The lowest BCUT2D eigenvalue weighted by molar-refractivity contribution is 0.656. The first-order chi connectivity index (χ1) is 10.3. The van der Waals surface area contributed by atoms with Crippen LogP contribution in [-0.2, 0) is 6.54 Å². The summed E-state index contributed by atoms with van der Waals surface area (Å²) in [7, 11) is 0. The number of anilines is 1. The van der Waals surface area contributed by atoms with Crippen molar-refractivity contribution in [2.24, 2.45) is 0 Å². The molecule has 1 atom stereocenters. The fourth-order valence-electron chi connectivity index (χ4n) is 2.85. The van der Waals surface area contributed by atoms with E-state index < -0.39 is 0 Å². The van der Waals surface area contributed by atoms with Crippen molar-refractivity contribution in [2.45, 2.75) is 32.1 Å². The first-order valence-electron chi connectivity index (χ1n) is 7.83. The van der Waals surface area contributed by atoms with Gasteiger partial charge in [0.2, 0.25) is 0 Å². The maximum absolute atomic E-state index is 4.89. The summed E-state index contributed by atoms with van der Waals surface area (Å²) in [6.45, 7) is 8.63. The molecule has 2 aromatic heterocycles. The van der Waals surface area contributed by atoms with Gasteiger partial charge in [0.15, 0.2) is 5.82 Å². The van der Waals surface area contributed by atoms with Crippen LogP contribution < -0.4 is 10.2 Å². The van der Waals surface area contributed by atoms with Gasteiger partial charge in [0.1, 0.15) is 5.65 Å². The minimum atomic E-state index is 0.681. The molecule has 5 heteroatoms. The zero-order chi connectivity index (χ0) is 14.7. The summed E-state index contributed by atoms with van der Waals surface area (Å²) in [6, 6.07) is 6.23. The topological polar surface area (TPSA) is 32.6 Å². The van der Waals surface area contributed by atoms with E-state index in [0.29, 0.717) is 5.25 Å². The highest BCUT2D eigenvalue weighted by molar-refractivity contribution is 8.00. The van der Waals surface area contributed by atoms with Crippen LogP contribution in [-0.4, -0.2) is 40.0 Å². The van der Waals surface area contributed by atoms with Gasteiger partial charge in [-0.3, -0.25) is 0 Å². The number of imidazole rings is 1. The van der Waals surface area contributed by atoms with E-state index in [1.54, 1.807) is 0 Å². The van der Waals surface area contributed by atoms with Crippen LogP contribution in [0.3, 0.4) is 0 Å². The van der Waals surface area contributed by atoms with E-state index in [-0.39, 0.29) is 0 Å². The summed E-state index contributed by atoms with van der Waals surface area (Å²) in [5, 5.41) is 4.21. The third-order valence-corrected chi connectivity index (χ3v) is 5.00. The van der Waals surface area contributed by atoms with Gasteiger partial charge in [-0.15, -0.1) is 0 Å². The number of aromatic nitrogens is 2. The lowest BCUT2D eigenvalue weighted by Gasteiger charge is -2.31. The highest BCUT2D eigenvalue weighted by atomic mass is 32.2. The molecular formula is C16H24N4S. The molecule has 3 rings (SSSR count). The third kappa shape index (κ3) is 3.19. The molecule has 114 valence electrons. The Hall–Kier alpha value is -1.20. The molecule has 0 bridgehead atoms. The molecule has 0 spiro atoms. The molecule has 1 unspecified atom stereocenters. The summed E-state index contributed by atoms with van der Waals surface area (Å²) >= 11 is 2.06. The Morgan fingerprint density at radius 3 is 3.14 bits per heavy atom. The molecule has 0 aromatic carbocycles. The van der Waals surface area contributed by atoms with E-state index in [2.05, 4.69) is 64.6 Å². The summed E-state index contributed by atoms with van der Waals surface area (Å²) in [4.78, 5) is 7.34. The van der Waals surface area contributed by atoms with Crippen molar-refractivity contribution in [3.63, 3.8) is 0 Å². The van der Waals surface area contributed by atoms with E-state index >= 15 is 0 Å². The first-order valence-corrected chi connectivity index (χ1v) is 8.87. The Morgan fingerprint density at radius 2 is 2.33 bits per heavy atom. The van der Waals surface area contributed by atoms with Gasteiger partial charge in [0.05, 0.1) is 5.69 Å². The number of thioether (sulfide) groups is 1. The van der Waals surface area contributed by atoms with Gasteiger partial charge in [-0.25, -0.2) is 4.98 Å². The maximum Gasteiger partial charge on any atom is 0.152 e. The fraction of sp³-hybridized carbons (Fsp3) is 0.562. The standard InChI is InChI=1S/C16H24N4S/c1-3-7-17-11-14-16(19-9-10-21-13(2)12-19)18-15-6-4-5-8-20(14)15/h4-6,8,13,17H,3,7,9-12H2,1-2H3. The minimum Gasteiger partial charge on any atom is -0.353 e. The SMILES string of the molecule is CCCNCc1c(N2CCSC(C)C2)nc2ccccn12. The number of hydrogen-bond acceptors (Lipinski definition) is 4. The van der Waals surface area contributed by atoms with E-state index in [9.17, 15) is 0 Å². The van der Waals surface area contributed by atoms with Gasteiger partial charge >= 0.3 is 0 Å². The van der Waals surface area contributed by atoms with Crippen LogP contribution in [0, 0.1) is 0 Å². The second kappa shape index (κ2) is 6.71. The lowest BCUT2D eigenvalue weighted by atomic mass is 10.3. The van der Waals surface area contributed by atoms with Crippen molar-refractivity contribution in [2.75, 3.05) is 30.3 Å². The van der Waals surface area contributed by atoms with Crippen molar-refractivity contribution in [3.05, 3.63) is 30.1 Å². The first kappa shape index (κ1) is 14.7. The monoisotopic (exact) mass is 304 g/mol. The summed E-state index contributed by atoms with van der Waals surface area (Å²) in [6.07, 6.45) is 3.28. The number of nitrogens with zero attached hydrogens (tertiary/aromatic N) is 3. The summed E-state index contributed by atoms with van der Waals surface area (Å²) < 4.78 is 2.23. The predicted molar refractivity (Wildman–Crippen MR) is 91.3 cm³/mol. The summed E-state index contributed by atoms with van der Waals surface area (Å²) in [5.41, 5.74) is 2.34. The lowest BCUT2D eigenvalue weighted by Crippen LogP contribution is -2.37. The average molecular weight is 304 g/mol. The molecule has 1 aliphatic rings. The van der Waals surface area contributed by atoms with Crippen LogP contribution >= 0.6 is 11.8 Å². The van der Waals surface area contributed by atoms with Crippen molar-refractivity contribution in [3.8, 4) is 0 Å². The van der Waals surface area contributed by atoms with Crippen LogP contribution in [0.1, 0.15) is 26.0 Å². The van der Waals surface area contributed by atoms with Crippen LogP contribution in [0.2, 0.25) is 0 Å². The molecule has 0 aliphatic carbocycles. The number of pyridine rings is 1. The fourth-order valence-corrected chi connectivity index (χ4v) is 3.86. The van der Waals surface area contributed by atoms with Crippen molar-refractivity contribution in [1.82, 2.24) is 14.7 Å². The van der Waals surface area contributed by atoms with Gasteiger partial charge in [0.25, 0.3) is 0 Å². The highest BCUT2D eigenvalue weighted by Crippen LogP contribution is 2.27. The zero-order valence-corrected chi connectivity index (χ0v) is 13.7. The van der Waals surface area contributed by atoms with Crippen LogP contribution in [0.4, 0.5) is 5.82 Å². The van der Waals surface area contributed by atoms with Gasteiger partial charge in [-0.1, -0.05) is 19.9 Å². The van der Waals surface area contributed by atoms with Gasteiger partial charge in [-0.05, 0) is 25.1 Å². The molecule has 2 aromatic rings. The van der Waals surface area contributed by atoms with Gasteiger partial charge in [-0.2, -0.15) is 11.8 Å². The van der Waals surface area contributed by atoms with E-state index in [0.717, 1.165) is 44.1 Å². The van der Waals surface area contributed by atoms with Crippen LogP contribution in [0.15, 0.2) is 24.4 Å². The zero-order valence-electron chi connectivity index (χ0n) is 12.9. The second-order valence-corrected chi connectivity index (χ2v) is 7.16. The molecule has 0 amide bonds. The van der Waals surface area contributed by atoms with Gasteiger partial charge < -0.3 is 14.6 Å². The molecule has 1 aliphatic heterocycles. The van der Waals surface area contributed by atoms with Crippen LogP contribution in [0.25, 0.3) is 5.65 Å². The van der Waals surface area contributed by atoms with E-state index in [4.69, 9.17) is 4.98 Å². The van der Waals surface area contributed by atoms with Crippen molar-refractivity contribution >= 4 is 23.2 Å². The molecule has 1 fully saturated rings. The Bertz CT molecular complexity index is 595. The number of rotatable bonds is 5. The average Bonchev–Trinajstić information content (AvgIpc) is 2.87. The molecule has 4 nitrogen and oxygen atoms in total. The molecular weight excluding hydrogens is 280 g/mol. The Morgan fingerprint density at radius 1 is 1.43 bits per heavy atom. The van der Waals surface area contributed by atoms with Gasteiger partial charge in [0, 0.05) is 36.8 Å². The quantitative estimate of drug-likeness (QED) is 0.861. The predicted octanol–water partition coefficient (Wildman–Crippen LogP) is 2.78. The number of fused-ring (bicyclic) bond motifs is 1. The maximum atomic E-state index is 4.89. The van der Waals surface area contributed by atoms with Crippen molar-refractivity contribution < 1.29 is 0 Å². The number of nitrogens with one attached hydrogen (secondary N) is 1. The number of hydrogen-bond donors (Lipinski definition) is 1. The molecule has 21 heavy (non-hydrogen) atoms. The van der Waals surface area contributed by atoms with E-state index in [1.807, 2.05) is 0 Å². The molecule has 1 N–H and O–H groups in total.